The number of nitrogens with zero attached hydrogens (tertiary/aromatic N) is 3. The van der Waals surface area contributed by atoms with E-state index in [1.165, 1.54) is 24.3 Å². The van der Waals surface area contributed by atoms with Crippen molar-refractivity contribution in [3.05, 3.63) is 60.0 Å². The minimum absolute atomic E-state index is 0.0631. The van der Waals surface area contributed by atoms with E-state index >= 15 is 0 Å². The first-order valence-corrected chi connectivity index (χ1v) is 10.2. The number of anilines is 2. The van der Waals surface area contributed by atoms with Gasteiger partial charge in [-0.2, -0.15) is 5.10 Å². The number of aliphatic imine (C=N–C) groups is 1. The Hall–Kier alpha value is -3.40. The van der Waals surface area contributed by atoms with Gasteiger partial charge in [0.1, 0.15) is 0 Å². The van der Waals surface area contributed by atoms with Crippen molar-refractivity contribution in [1.82, 2.24) is 15.1 Å². The maximum absolute atomic E-state index is 12.5. The molecule has 2 rings (SSSR count). The number of allylic oxidation sites excluding steroid dienone is 2. The monoisotopic (exact) mass is 416 g/mol. The van der Waals surface area contributed by atoms with E-state index < -0.39 is 16.1 Å². The Kier molecular flexibility index (Phi) is 7.32. The average molecular weight is 417 g/mol. The van der Waals surface area contributed by atoms with Gasteiger partial charge in [0, 0.05) is 37.2 Å². The number of carbonyl (C=O) groups excluding carboxylic acids is 1. The number of nitrogens with one attached hydrogen (secondary N) is 3. The maximum atomic E-state index is 12.5. The number of amides is 2. The molecule has 0 aliphatic rings. The molecule has 154 valence electrons. The Morgan fingerprint density at radius 2 is 2.00 bits per heavy atom. The van der Waals surface area contributed by atoms with E-state index in [1.807, 2.05) is 19.9 Å². The molecule has 0 aliphatic heterocycles. The van der Waals surface area contributed by atoms with E-state index in [4.69, 9.17) is 0 Å². The number of rotatable bonds is 8. The molecule has 9 nitrogen and oxygen atoms in total. The fourth-order valence-corrected chi connectivity index (χ4v) is 3.23. The second-order valence-electron chi connectivity index (χ2n) is 6.27. The topological polar surface area (TPSA) is 117 Å². The molecule has 0 aliphatic carbocycles. The number of aryl methyl sites for hydroxylation is 2. The Balaban J connectivity index is 1.95. The highest BCUT2D eigenvalue weighted by molar-refractivity contribution is 7.92. The molecule has 1 aromatic heterocycles. The number of aromatic nitrogens is 2. The first kappa shape index (κ1) is 21.9. The van der Waals surface area contributed by atoms with Gasteiger partial charge in [0.2, 0.25) is 0 Å². The van der Waals surface area contributed by atoms with Crippen molar-refractivity contribution in [3.63, 3.8) is 0 Å². The van der Waals surface area contributed by atoms with E-state index in [-0.39, 0.29) is 10.7 Å². The minimum Gasteiger partial charge on any atom is -0.334 e. The molecule has 0 atom stereocenters. The van der Waals surface area contributed by atoms with Crippen LogP contribution in [0.4, 0.5) is 16.3 Å². The number of hydrogen-bond acceptors (Lipinski definition) is 5. The number of sulfonamides is 1. The number of carbonyl (C=O) groups is 1. The van der Waals surface area contributed by atoms with Crippen molar-refractivity contribution in [2.45, 2.75) is 18.7 Å². The van der Waals surface area contributed by atoms with Crippen LogP contribution in [0.2, 0.25) is 0 Å². The van der Waals surface area contributed by atoms with Gasteiger partial charge < -0.3 is 10.6 Å². The first-order valence-electron chi connectivity index (χ1n) is 8.68. The molecule has 0 saturated carbocycles. The second kappa shape index (κ2) is 9.69. The van der Waals surface area contributed by atoms with Gasteiger partial charge >= 0.3 is 6.03 Å². The molecule has 0 unspecified atom stereocenters. The Labute approximate surface area is 170 Å². The second-order valence-corrected chi connectivity index (χ2v) is 7.95. The van der Waals surface area contributed by atoms with Gasteiger partial charge in [0.05, 0.1) is 4.90 Å². The maximum Gasteiger partial charge on any atom is 0.319 e. The van der Waals surface area contributed by atoms with Crippen LogP contribution in [0.5, 0.6) is 0 Å². The van der Waals surface area contributed by atoms with Crippen LogP contribution in [0.15, 0.2) is 64.1 Å². The molecule has 0 radical (unpaired) electrons. The summed E-state index contributed by atoms with van der Waals surface area (Å²) in [5.74, 6) is 0.244. The SMILES string of the molecule is C=N/C=C\C=C(/C)CNC(=O)Nc1ccc(S(=O)(=O)Nc2cc(C)n(C)n2)cc1. The van der Waals surface area contributed by atoms with Crippen LogP contribution in [0, 0.1) is 6.92 Å². The molecule has 0 spiro atoms. The molecule has 1 aromatic carbocycles. The molecule has 2 aromatic rings. The summed E-state index contributed by atoms with van der Waals surface area (Å²) in [6.45, 7) is 7.37. The van der Waals surface area contributed by atoms with E-state index in [9.17, 15) is 13.2 Å². The summed E-state index contributed by atoms with van der Waals surface area (Å²) >= 11 is 0. The summed E-state index contributed by atoms with van der Waals surface area (Å²) in [6, 6.07) is 7.08. The summed E-state index contributed by atoms with van der Waals surface area (Å²) in [7, 11) is -2.05. The van der Waals surface area contributed by atoms with E-state index in [2.05, 4.69) is 32.2 Å². The minimum atomic E-state index is -3.77. The third kappa shape index (κ3) is 6.61. The van der Waals surface area contributed by atoms with Crippen LogP contribution >= 0.6 is 0 Å². The summed E-state index contributed by atoms with van der Waals surface area (Å²) in [5.41, 5.74) is 2.22. The zero-order chi connectivity index (χ0) is 21.4. The van der Waals surface area contributed by atoms with Gasteiger partial charge in [0.15, 0.2) is 5.82 Å². The molecule has 29 heavy (non-hydrogen) atoms. The van der Waals surface area contributed by atoms with Crippen LogP contribution in [-0.2, 0) is 17.1 Å². The first-order chi connectivity index (χ1) is 13.7. The number of benzene rings is 1. The zero-order valence-corrected chi connectivity index (χ0v) is 17.3. The lowest BCUT2D eigenvalue weighted by Gasteiger charge is -2.09. The number of hydrogen-bond donors (Lipinski definition) is 3. The Morgan fingerprint density at radius 1 is 1.31 bits per heavy atom. The predicted octanol–water partition coefficient (Wildman–Crippen LogP) is 2.81. The van der Waals surface area contributed by atoms with Gasteiger partial charge in [-0.1, -0.05) is 11.6 Å². The lowest BCUT2D eigenvalue weighted by Crippen LogP contribution is -2.30. The van der Waals surface area contributed by atoms with Crippen LogP contribution in [0.1, 0.15) is 12.6 Å². The van der Waals surface area contributed by atoms with Crippen molar-refractivity contribution >= 4 is 34.3 Å². The van der Waals surface area contributed by atoms with E-state index in [0.29, 0.717) is 12.2 Å². The van der Waals surface area contributed by atoms with Gasteiger partial charge in [-0.3, -0.25) is 14.4 Å². The Morgan fingerprint density at radius 3 is 2.59 bits per heavy atom. The van der Waals surface area contributed by atoms with Crippen molar-refractivity contribution in [2.75, 3.05) is 16.6 Å². The van der Waals surface area contributed by atoms with Gasteiger partial charge in [-0.05, 0) is 50.9 Å². The summed E-state index contributed by atoms with van der Waals surface area (Å²) in [4.78, 5) is 15.6. The standard InChI is InChI=1S/C19H24N6O3S/c1-14(6-5-11-20-3)13-21-19(26)22-16-7-9-17(10-8-16)29(27,28)24-18-12-15(2)25(4)23-18/h5-12H,3,13H2,1-2,4H3,(H,23,24)(H2,21,22,26)/b11-5-,14-6+. The third-order valence-corrected chi connectivity index (χ3v) is 5.25. The zero-order valence-electron chi connectivity index (χ0n) is 16.5. The molecular weight excluding hydrogens is 392 g/mol. The molecule has 1 heterocycles. The van der Waals surface area contributed by atoms with Gasteiger partial charge in [0.25, 0.3) is 10.0 Å². The van der Waals surface area contributed by atoms with Crippen LogP contribution in [-0.4, -0.2) is 37.5 Å². The predicted molar refractivity (Wildman–Crippen MR) is 115 cm³/mol. The van der Waals surface area contributed by atoms with Crippen molar-refractivity contribution in [1.29, 1.82) is 0 Å². The summed E-state index contributed by atoms with van der Waals surface area (Å²) in [5, 5.41) is 9.43. The lowest BCUT2D eigenvalue weighted by molar-refractivity contribution is 0.253. The Bertz CT molecular complexity index is 1020. The normalized spacial score (nSPS) is 12.0. The fourth-order valence-electron chi connectivity index (χ4n) is 2.25. The molecule has 3 N–H and O–H groups in total. The fraction of sp³-hybridized carbons (Fsp3) is 0.211. The largest absolute Gasteiger partial charge is 0.334 e. The van der Waals surface area contributed by atoms with E-state index in [0.717, 1.165) is 11.3 Å². The van der Waals surface area contributed by atoms with Crippen LogP contribution < -0.4 is 15.4 Å². The summed E-state index contributed by atoms with van der Waals surface area (Å²) < 4.78 is 28.9. The molecular formula is C19H24N6O3S. The highest BCUT2D eigenvalue weighted by Gasteiger charge is 2.16. The van der Waals surface area contributed by atoms with Crippen LogP contribution in [0.25, 0.3) is 0 Å². The van der Waals surface area contributed by atoms with Crippen LogP contribution in [0.3, 0.4) is 0 Å². The molecule has 0 saturated heterocycles. The quantitative estimate of drug-likeness (QED) is 0.453. The number of urea groups is 1. The highest BCUT2D eigenvalue weighted by atomic mass is 32.2. The van der Waals surface area contributed by atoms with Gasteiger partial charge in [-0.25, -0.2) is 13.2 Å². The van der Waals surface area contributed by atoms with Crippen molar-refractivity contribution in [2.24, 2.45) is 12.0 Å². The van der Waals surface area contributed by atoms with Crippen molar-refractivity contribution < 1.29 is 13.2 Å². The highest BCUT2D eigenvalue weighted by Crippen LogP contribution is 2.18. The van der Waals surface area contributed by atoms with Gasteiger partial charge in [-0.15, -0.1) is 0 Å². The lowest BCUT2D eigenvalue weighted by atomic mass is 10.3. The molecule has 2 amide bonds. The molecule has 0 bridgehead atoms. The average Bonchev–Trinajstić information content (AvgIpc) is 2.97. The summed E-state index contributed by atoms with van der Waals surface area (Å²) in [6.07, 6.45) is 5.08. The van der Waals surface area contributed by atoms with Crippen molar-refractivity contribution in [3.8, 4) is 0 Å². The molecule has 0 fully saturated rings. The van der Waals surface area contributed by atoms with E-state index in [1.54, 1.807) is 30.1 Å². The third-order valence-electron chi connectivity index (χ3n) is 3.88. The smallest absolute Gasteiger partial charge is 0.319 e. The molecule has 10 heteroatoms.